The van der Waals surface area contributed by atoms with E-state index in [0.29, 0.717) is 0 Å². The zero-order valence-corrected chi connectivity index (χ0v) is 12.4. The Kier molecular flexibility index (Phi) is 7.15. The van der Waals surface area contributed by atoms with Crippen LogP contribution in [0, 0.1) is 0 Å². The maximum atomic E-state index is 9.31. The molecule has 0 saturated carbocycles. The molecule has 1 fully saturated rings. The normalized spacial score (nSPS) is 20.5. The Morgan fingerprint density at radius 3 is 2.50 bits per heavy atom. The quantitative estimate of drug-likeness (QED) is 0.640. The maximum Gasteiger partial charge on any atom is 0.0610 e. The van der Waals surface area contributed by atoms with Crippen molar-refractivity contribution in [3.63, 3.8) is 0 Å². The fraction of sp³-hybridized carbons (Fsp3) is 1.00. The second-order valence-electron chi connectivity index (χ2n) is 5.92. The van der Waals surface area contributed by atoms with Gasteiger partial charge in [-0.15, -0.1) is 0 Å². The fourth-order valence-electron chi connectivity index (χ4n) is 2.45. The maximum absolute atomic E-state index is 9.31. The molecule has 1 saturated heterocycles. The van der Waals surface area contributed by atoms with E-state index in [2.05, 4.69) is 29.1 Å². The minimum Gasteiger partial charge on any atom is -0.394 e. The zero-order valence-electron chi connectivity index (χ0n) is 12.4. The van der Waals surface area contributed by atoms with Gasteiger partial charge in [-0.05, 0) is 66.3 Å². The van der Waals surface area contributed by atoms with E-state index in [1.165, 1.54) is 32.5 Å². The van der Waals surface area contributed by atoms with Crippen LogP contribution in [0.1, 0.15) is 32.6 Å². The molecule has 0 spiro atoms. The van der Waals surface area contributed by atoms with Gasteiger partial charge in [0.25, 0.3) is 0 Å². The van der Waals surface area contributed by atoms with E-state index < -0.39 is 0 Å². The van der Waals surface area contributed by atoms with Gasteiger partial charge in [0, 0.05) is 18.6 Å². The van der Waals surface area contributed by atoms with Gasteiger partial charge < -0.3 is 20.2 Å². The van der Waals surface area contributed by atoms with Crippen LogP contribution in [0.5, 0.6) is 0 Å². The molecular formula is C14H31N3O. The molecule has 0 amide bonds. The summed E-state index contributed by atoms with van der Waals surface area (Å²) in [5.41, 5.74) is -0.115. The number of likely N-dealkylation sites (N-methyl/N-ethyl adjacent to an activating group) is 2. The Morgan fingerprint density at radius 1 is 1.28 bits per heavy atom. The van der Waals surface area contributed by atoms with E-state index in [-0.39, 0.29) is 12.1 Å². The van der Waals surface area contributed by atoms with Crippen LogP contribution in [0.2, 0.25) is 0 Å². The van der Waals surface area contributed by atoms with Crippen molar-refractivity contribution < 1.29 is 5.11 Å². The number of nitrogens with zero attached hydrogens (tertiary/aromatic N) is 2. The monoisotopic (exact) mass is 257 g/mol. The van der Waals surface area contributed by atoms with Gasteiger partial charge in [0.15, 0.2) is 0 Å². The summed E-state index contributed by atoms with van der Waals surface area (Å²) >= 11 is 0. The fourth-order valence-corrected chi connectivity index (χ4v) is 2.45. The van der Waals surface area contributed by atoms with Crippen molar-refractivity contribution in [2.75, 3.05) is 53.4 Å². The highest BCUT2D eigenvalue weighted by molar-refractivity contribution is 4.80. The predicted octanol–water partition coefficient (Wildman–Crippen LogP) is 0.765. The molecule has 1 heterocycles. The Balaban J connectivity index is 2.07. The first-order chi connectivity index (χ1) is 8.59. The van der Waals surface area contributed by atoms with Gasteiger partial charge in [0.2, 0.25) is 0 Å². The summed E-state index contributed by atoms with van der Waals surface area (Å²) in [4.78, 5) is 4.97. The van der Waals surface area contributed by atoms with Crippen molar-refractivity contribution in [3.8, 4) is 0 Å². The van der Waals surface area contributed by atoms with Gasteiger partial charge >= 0.3 is 0 Å². The van der Waals surface area contributed by atoms with Gasteiger partial charge in [0.1, 0.15) is 0 Å². The number of nitrogens with one attached hydrogen (secondary N) is 1. The first-order valence-electron chi connectivity index (χ1n) is 7.30. The Bertz CT molecular complexity index is 213. The molecule has 1 aliphatic heterocycles. The molecule has 0 radical (unpaired) electrons. The molecule has 1 atom stereocenters. The average Bonchev–Trinajstić information content (AvgIpc) is 2.89. The first kappa shape index (κ1) is 15.9. The lowest BCUT2D eigenvalue weighted by Crippen LogP contribution is -2.44. The number of rotatable bonds is 9. The standard InChI is InChI=1S/C14H31N3O/c1-14(13-18,15-2)7-6-8-16(3)11-12-17-9-4-5-10-17/h15,18H,4-13H2,1-3H3. The smallest absolute Gasteiger partial charge is 0.0610 e. The minimum atomic E-state index is -0.115. The van der Waals surface area contributed by atoms with Crippen molar-refractivity contribution in [2.45, 2.75) is 38.1 Å². The summed E-state index contributed by atoms with van der Waals surface area (Å²) in [6.07, 6.45) is 4.91. The molecule has 2 N–H and O–H groups in total. The second kappa shape index (κ2) is 8.10. The molecular weight excluding hydrogens is 226 g/mol. The number of hydrogen-bond acceptors (Lipinski definition) is 4. The molecule has 108 valence electrons. The Labute approximate surface area is 112 Å². The molecule has 0 aromatic carbocycles. The molecule has 0 aromatic heterocycles. The average molecular weight is 257 g/mol. The highest BCUT2D eigenvalue weighted by atomic mass is 16.3. The van der Waals surface area contributed by atoms with Crippen LogP contribution in [0.25, 0.3) is 0 Å². The molecule has 1 unspecified atom stereocenters. The molecule has 18 heavy (non-hydrogen) atoms. The predicted molar refractivity (Wildman–Crippen MR) is 77.0 cm³/mol. The summed E-state index contributed by atoms with van der Waals surface area (Å²) in [5, 5.41) is 12.5. The SMILES string of the molecule is CNC(C)(CO)CCCN(C)CCN1CCCC1. The lowest BCUT2D eigenvalue weighted by Gasteiger charge is -2.28. The zero-order chi connectivity index (χ0) is 13.4. The van der Waals surface area contributed by atoms with Crippen molar-refractivity contribution in [1.82, 2.24) is 15.1 Å². The van der Waals surface area contributed by atoms with Gasteiger partial charge in [-0.3, -0.25) is 0 Å². The topological polar surface area (TPSA) is 38.7 Å². The largest absolute Gasteiger partial charge is 0.394 e. The lowest BCUT2D eigenvalue weighted by molar-refractivity contribution is 0.165. The Morgan fingerprint density at radius 2 is 1.94 bits per heavy atom. The van der Waals surface area contributed by atoms with E-state index in [1.54, 1.807) is 0 Å². The molecule has 0 bridgehead atoms. The van der Waals surface area contributed by atoms with Gasteiger partial charge in [-0.25, -0.2) is 0 Å². The molecule has 1 rings (SSSR count). The third-order valence-electron chi connectivity index (χ3n) is 4.22. The van der Waals surface area contributed by atoms with Crippen LogP contribution in [-0.2, 0) is 0 Å². The van der Waals surface area contributed by atoms with E-state index in [0.717, 1.165) is 25.9 Å². The van der Waals surface area contributed by atoms with Crippen LogP contribution < -0.4 is 5.32 Å². The lowest BCUT2D eigenvalue weighted by atomic mass is 9.97. The third-order valence-corrected chi connectivity index (χ3v) is 4.22. The van der Waals surface area contributed by atoms with Crippen molar-refractivity contribution >= 4 is 0 Å². The summed E-state index contributed by atoms with van der Waals surface area (Å²) < 4.78 is 0. The summed E-state index contributed by atoms with van der Waals surface area (Å²) in [6.45, 7) is 8.35. The van der Waals surface area contributed by atoms with Crippen LogP contribution >= 0.6 is 0 Å². The van der Waals surface area contributed by atoms with Crippen LogP contribution in [0.3, 0.4) is 0 Å². The van der Waals surface area contributed by atoms with Crippen LogP contribution in [0.15, 0.2) is 0 Å². The Hall–Kier alpha value is -0.160. The van der Waals surface area contributed by atoms with Crippen LogP contribution in [0.4, 0.5) is 0 Å². The van der Waals surface area contributed by atoms with Gasteiger partial charge in [-0.2, -0.15) is 0 Å². The molecule has 1 aliphatic rings. The summed E-state index contributed by atoms with van der Waals surface area (Å²) in [7, 11) is 4.12. The minimum absolute atomic E-state index is 0.115. The first-order valence-corrected chi connectivity index (χ1v) is 7.30. The van der Waals surface area contributed by atoms with Gasteiger partial charge in [-0.1, -0.05) is 0 Å². The number of aliphatic hydroxyl groups excluding tert-OH is 1. The van der Waals surface area contributed by atoms with Crippen LogP contribution in [-0.4, -0.2) is 73.9 Å². The van der Waals surface area contributed by atoms with E-state index in [1.807, 2.05) is 7.05 Å². The van der Waals surface area contributed by atoms with E-state index in [9.17, 15) is 5.11 Å². The summed E-state index contributed by atoms with van der Waals surface area (Å²) in [6, 6.07) is 0. The van der Waals surface area contributed by atoms with E-state index in [4.69, 9.17) is 0 Å². The second-order valence-corrected chi connectivity index (χ2v) is 5.92. The number of aliphatic hydroxyl groups is 1. The highest BCUT2D eigenvalue weighted by Gasteiger charge is 2.20. The molecule has 0 aromatic rings. The third kappa shape index (κ3) is 5.65. The van der Waals surface area contributed by atoms with Crippen molar-refractivity contribution in [1.29, 1.82) is 0 Å². The number of likely N-dealkylation sites (tertiary alicyclic amines) is 1. The molecule has 4 heteroatoms. The summed E-state index contributed by atoms with van der Waals surface area (Å²) in [5.74, 6) is 0. The van der Waals surface area contributed by atoms with Crippen molar-refractivity contribution in [3.05, 3.63) is 0 Å². The van der Waals surface area contributed by atoms with Crippen molar-refractivity contribution in [2.24, 2.45) is 0 Å². The van der Waals surface area contributed by atoms with E-state index >= 15 is 0 Å². The molecule has 0 aliphatic carbocycles. The van der Waals surface area contributed by atoms with Gasteiger partial charge in [0.05, 0.1) is 6.61 Å². The number of hydrogen-bond donors (Lipinski definition) is 2. The highest BCUT2D eigenvalue weighted by Crippen LogP contribution is 2.11. The molecule has 4 nitrogen and oxygen atoms in total.